The highest BCUT2D eigenvalue weighted by molar-refractivity contribution is 6.76. The third-order valence-electron chi connectivity index (χ3n) is 3.72. The molecule has 136 valence electrons. The molecule has 1 aromatic heterocycles. The molecule has 0 aliphatic rings. The van der Waals surface area contributed by atoms with Crippen LogP contribution in [-0.2, 0) is 10.9 Å². The van der Waals surface area contributed by atoms with Crippen molar-refractivity contribution in [3.63, 3.8) is 0 Å². The van der Waals surface area contributed by atoms with Gasteiger partial charge in [-0.15, -0.1) is 0 Å². The minimum absolute atomic E-state index is 0.297. The van der Waals surface area contributed by atoms with Crippen molar-refractivity contribution in [2.24, 2.45) is 0 Å². The van der Waals surface area contributed by atoms with Crippen LogP contribution in [0.2, 0.25) is 25.7 Å². The molecule has 0 N–H and O–H groups in total. The molecule has 0 amide bonds. The van der Waals surface area contributed by atoms with Gasteiger partial charge in [-0.3, -0.25) is 0 Å². The third-order valence-corrected chi connectivity index (χ3v) is 5.42. The zero-order valence-corrected chi connectivity index (χ0v) is 15.7. The van der Waals surface area contributed by atoms with E-state index in [4.69, 9.17) is 9.15 Å². The van der Waals surface area contributed by atoms with Crippen LogP contribution >= 0.6 is 0 Å². The van der Waals surface area contributed by atoms with Gasteiger partial charge in [0.25, 0.3) is 0 Å². The number of furan rings is 1. The van der Waals surface area contributed by atoms with Crippen molar-refractivity contribution in [2.75, 3.05) is 6.61 Å². The summed E-state index contributed by atoms with van der Waals surface area (Å²) < 4.78 is 48.7. The summed E-state index contributed by atoms with van der Waals surface area (Å²) in [6.07, 6.45) is -4.39. The molecule has 2 aromatic rings. The number of alkyl halides is 3. The maximum Gasteiger partial charge on any atom is 0.416 e. The standard InChI is InChI=1S/C18H21F3O3Si/c1-12-15(17(22)23-9-10-25(2,3)4)11-16(24-12)13-5-7-14(8-6-13)18(19,20)21/h5-8,11H,9-10H2,1-4H3. The summed E-state index contributed by atoms with van der Waals surface area (Å²) in [7, 11) is -1.30. The third kappa shape index (κ3) is 5.22. The summed E-state index contributed by atoms with van der Waals surface area (Å²) in [5.41, 5.74) is 0.0354. The highest BCUT2D eigenvalue weighted by Crippen LogP contribution is 2.32. The van der Waals surface area contributed by atoms with Gasteiger partial charge in [-0.1, -0.05) is 31.8 Å². The number of rotatable bonds is 5. The van der Waals surface area contributed by atoms with E-state index < -0.39 is 25.8 Å². The Balaban J connectivity index is 2.13. The second-order valence-electron chi connectivity index (χ2n) is 7.10. The Morgan fingerprint density at radius 3 is 2.28 bits per heavy atom. The van der Waals surface area contributed by atoms with Crippen molar-refractivity contribution in [3.05, 3.63) is 47.2 Å². The van der Waals surface area contributed by atoms with Crippen molar-refractivity contribution in [1.82, 2.24) is 0 Å². The van der Waals surface area contributed by atoms with Crippen molar-refractivity contribution in [3.8, 4) is 11.3 Å². The fraction of sp³-hybridized carbons (Fsp3) is 0.389. The second-order valence-corrected chi connectivity index (χ2v) is 12.7. The van der Waals surface area contributed by atoms with Gasteiger partial charge in [-0.25, -0.2) is 4.79 Å². The van der Waals surface area contributed by atoms with Crippen LogP contribution in [0.3, 0.4) is 0 Å². The van der Waals surface area contributed by atoms with Gasteiger partial charge in [-0.2, -0.15) is 13.2 Å². The second kappa shape index (κ2) is 7.07. The molecule has 0 unspecified atom stereocenters. The molecule has 0 spiro atoms. The van der Waals surface area contributed by atoms with Crippen LogP contribution < -0.4 is 0 Å². The Labute approximate surface area is 145 Å². The van der Waals surface area contributed by atoms with Crippen LogP contribution in [0.25, 0.3) is 11.3 Å². The van der Waals surface area contributed by atoms with Gasteiger partial charge in [0, 0.05) is 13.6 Å². The van der Waals surface area contributed by atoms with E-state index in [1.165, 1.54) is 18.2 Å². The van der Waals surface area contributed by atoms with Crippen LogP contribution in [0.4, 0.5) is 13.2 Å². The molecule has 1 heterocycles. The van der Waals surface area contributed by atoms with E-state index in [9.17, 15) is 18.0 Å². The molecule has 0 aliphatic heterocycles. The van der Waals surface area contributed by atoms with E-state index in [0.717, 1.165) is 18.2 Å². The number of halogens is 3. The number of carbonyl (C=O) groups excluding carboxylic acids is 1. The monoisotopic (exact) mass is 370 g/mol. The molecule has 3 nitrogen and oxygen atoms in total. The molecule has 0 saturated carbocycles. The summed E-state index contributed by atoms with van der Waals surface area (Å²) >= 11 is 0. The van der Waals surface area contributed by atoms with Crippen molar-refractivity contribution >= 4 is 14.0 Å². The average molecular weight is 370 g/mol. The van der Waals surface area contributed by atoms with Gasteiger partial charge in [-0.05, 0) is 31.2 Å². The number of aryl methyl sites for hydroxylation is 1. The van der Waals surface area contributed by atoms with Crippen LogP contribution in [-0.4, -0.2) is 20.7 Å². The first-order valence-corrected chi connectivity index (χ1v) is 11.6. The lowest BCUT2D eigenvalue weighted by atomic mass is 10.1. The van der Waals surface area contributed by atoms with Gasteiger partial charge in [0.15, 0.2) is 0 Å². The SMILES string of the molecule is Cc1oc(-c2ccc(C(F)(F)F)cc2)cc1C(=O)OCC[Si](C)(C)C. The predicted octanol–water partition coefficient (Wildman–Crippen LogP) is 5.77. The van der Waals surface area contributed by atoms with Gasteiger partial charge in [0.2, 0.25) is 0 Å². The molecule has 7 heteroatoms. The fourth-order valence-corrected chi connectivity index (χ4v) is 2.89. The Bertz CT molecular complexity index is 740. The smallest absolute Gasteiger partial charge is 0.416 e. The lowest BCUT2D eigenvalue weighted by Crippen LogP contribution is -2.22. The van der Waals surface area contributed by atoms with Crippen molar-refractivity contribution < 1.29 is 27.1 Å². The minimum atomic E-state index is -4.39. The van der Waals surface area contributed by atoms with E-state index in [1.807, 2.05) is 0 Å². The summed E-state index contributed by atoms with van der Waals surface area (Å²) in [6.45, 7) is 8.55. The number of carbonyl (C=O) groups is 1. The van der Waals surface area contributed by atoms with Crippen molar-refractivity contribution in [1.29, 1.82) is 0 Å². The summed E-state index contributed by atoms with van der Waals surface area (Å²) in [6, 6.07) is 6.98. The molecular formula is C18H21F3O3Si. The lowest BCUT2D eigenvalue weighted by molar-refractivity contribution is -0.137. The molecule has 0 bridgehead atoms. The minimum Gasteiger partial charge on any atom is -0.462 e. The molecule has 1 aromatic carbocycles. The number of benzene rings is 1. The highest BCUT2D eigenvalue weighted by Gasteiger charge is 2.30. The molecule has 25 heavy (non-hydrogen) atoms. The Kier molecular flexibility index (Phi) is 5.46. The number of ether oxygens (including phenoxy) is 1. The van der Waals surface area contributed by atoms with Gasteiger partial charge in [0.1, 0.15) is 17.1 Å². The van der Waals surface area contributed by atoms with Crippen LogP contribution in [0.15, 0.2) is 34.7 Å². The van der Waals surface area contributed by atoms with E-state index in [1.54, 1.807) is 6.92 Å². The topological polar surface area (TPSA) is 39.4 Å². The van der Waals surface area contributed by atoms with Crippen LogP contribution in [0.5, 0.6) is 0 Å². The van der Waals surface area contributed by atoms with Gasteiger partial charge < -0.3 is 9.15 Å². The average Bonchev–Trinajstić information content (AvgIpc) is 2.87. The van der Waals surface area contributed by atoms with Gasteiger partial charge in [0.05, 0.1) is 12.2 Å². The highest BCUT2D eigenvalue weighted by atomic mass is 28.3. The first-order chi connectivity index (χ1) is 11.5. The fourth-order valence-electron chi connectivity index (χ4n) is 2.18. The van der Waals surface area contributed by atoms with E-state index >= 15 is 0 Å². The first-order valence-electron chi connectivity index (χ1n) is 7.92. The maximum atomic E-state index is 12.6. The van der Waals surface area contributed by atoms with Crippen LogP contribution in [0.1, 0.15) is 21.7 Å². The number of hydrogen-bond acceptors (Lipinski definition) is 3. The summed E-state index contributed by atoms with van der Waals surface area (Å²) in [4.78, 5) is 12.2. The normalized spacial score (nSPS) is 12.3. The maximum absolute atomic E-state index is 12.6. The molecule has 0 aliphatic carbocycles. The summed E-state index contributed by atoms with van der Waals surface area (Å²) in [5.74, 6) is 0.244. The zero-order valence-electron chi connectivity index (χ0n) is 14.7. The Morgan fingerprint density at radius 1 is 1.16 bits per heavy atom. The molecule has 0 atom stereocenters. The number of hydrogen-bond donors (Lipinski definition) is 0. The van der Waals surface area contributed by atoms with E-state index in [0.29, 0.717) is 29.3 Å². The predicted molar refractivity (Wildman–Crippen MR) is 92.3 cm³/mol. The Morgan fingerprint density at radius 2 is 1.76 bits per heavy atom. The summed E-state index contributed by atoms with van der Waals surface area (Å²) in [5, 5.41) is 0. The zero-order chi connectivity index (χ0) is 18.8. The quantitative estimate of drug-likeness (QED) is 0.495. The molecule has 0 saturated heterocycles. The first kappa shape index (κ1) is 19.3. The molecule has 0 radical (unpaired) electrons. The molecule has 2 rings (SSSR count). The largest absolute Gasteiger partial charge is 0.462 e. The number of esters is 1. The molecule has 0 fully saturated rings. The van der Waals surface area contributed by atoms with Crippen LogP contribution in [0, 0.1) is 6.92 Å². The Hall–Kier alpha value is -2.02. The lowest BCUT2D eigenvalue weighted by Gasteiger charge is -2.14. The van der Waals surface area contributed by atoms with E-state index in [2.05, 4.69) is 19.6 Å². The van der Waals surface area contributed by atoms with E-state index in [-0.39, 0.29) is 0 Å². The van der Waals surface area contributed by atoms with Gasteiger partial charge >= 0.3 is 12.1 Å². The molecular weight excluding hydrogens is 349 g/mol. The van der Waals surface area contributed by atoms with Crippen molar-refractivity contribution in [2.45, 2.75) is 38.8 Å².